The van der Waals surface area contributed by atoms with Gasteiger partial charge in [0.25, 0.3) is 0 Å². The Labute approximate surface area is 74.6 Å². The Morgan fingerprint density at radius 1 is 1.50 bits per heavy atom. The van der Waals surface area contributed by atoms with Gasteiger partial charge in [-0.3, -0.25) is 4.79 Å². The second-order valence-electron chi connectivity index (χ2n) is 2.34. The van der Waals surface area contributed by atoms with Crippen molar-refractivity contribution in [2.75, 3.05) is 6.26 Å². The van der Waals surface area contributed by atoms with Crippen LogP contribution in [0.4, 0.5) is 0 Å². The molecule has 0 saturated heterocycles. The van der Waals surface area contributed by atoms with Crippen molar-refractivity contribution in [3.05, 3.63) is 23.9 Å². The number of nitrogens with zero attached hydrogens (tertiary/aromatic N) is 1. The van der Waals surface area contributed by atoms with Crippen LogP contribution in [0.1, 0.15) is 17.3 Å². The zero-order chi connectivity index (χ0) is 8.97. The molecule has 2 nitrogen and oxygen atoms in total. The molecule has 0 aliphatic rings. The molecular weight excluding hydrogens is 170 g/mol. The third-order valence-electron chi connectivity index (χ3n) is 1.58. The van der Waals surface area contributed by atoms with E-state index >= 15 is 0 Å². The molecule has 0 aliphatic heterocycles. The van der Waals surface area contributed by atoms with E-state index in [1.165, 1.54) is 0 Å². The van der Waals surface area contributed by atoms with E-state index in [1.807, 2.05) is 13.0 Å². The molecule has 0 aromatic carbocycles. The van der Waals surface area contributed by atoms with E-state index in [-0.39, 0.29) is 10.5 Å². The first-order valence-electron chi connectivity index (χ1n) is 3.63. The van der Waals surface area contributed by atoms with Gasteiger partial charge in [-0.1, -0.05) is 5.37 Å². The lowest BCUT2D eigenvalue weighted by molar-refractivity contribution is 0.112. The fourth-order valence-electron chi connectivity index (χ4n) is 0.773. The summed E-state index contributed by atoms with van der Waals surface area (Å²) >= 11 is 0. The lowest BCUT2D eigenvalue weighted by atomic mass is 10.3. The van der Waals surface area contributed by atoms with Gasteiger partial charge in [-0.05, 0) is 25.3 Å². The van der Waals surface area contributed by atoms with Crippen LogP contribution >= 0.6 is 10.5 Å². The van der Waals surface area contributed by atoms with Gasteiger partial charge in [0, 0.05) is 11.8 Å². The lowest BCUT2D eigenvalue weighted by Gasteiger charge is -1.99. The average Bonchev–Trinajstić information content (AvgIpc) is 2.17. The normalized spacial score (nSPS) is 12.8. The molecule has 0 spiro atoms. The summed E-state index contributed by atoms with van der Waals surface area (Å²) in [7, 11) is 0.0973. The van der Waals surface area contributed by atoms with Gasteiger partial charge in [-0.15, -0.1) is 10.5 Å². The fourth-order valence-corrected chi connectivity index (χ4v) is 1.52. The molecule has 3 heteroatoms. The molecule has 12 heavy (non-hydrogen) atoms. The number of aldehydes is 1. The highest BCUT2D eigenvalue weighted by molar-refractivity contribution is 8.14. The summed E-state index contributed by atoms with van der Waals surface area (Å²) in [4.78, 5) is 14.5. The topological polar surface area (TPSA) is 30.0 Å². The van der Waals surface area contributed by atoms with Crippen LogP contribution in [-0.4, -0.2) is 22.9 Å². The molecule has 0 saturated carbocycles. The van der Waals surface area contributed by atoms with E-state index in [4.69, 9.17) is 0 Å². The fraction of sp³-hybridized carbons (Fsp3) is 0.222. The van der Waals surface area contributed by atoms with Gasteiger partial charge in [0.1, 0.15) is 0 Å². The van der Waals surface area contributed by atoms with Crippen LogP contribution in [0.15, 0.2) is 23.4 Å². The summed E-state index contributed by atoms with van der Waals surface area (Å²) in [6.45, 7) is 2.01. The monoisotopic (exact) mass is 181 g/mol. The molecule has 0 amide bonds. The van der Waals surface area contributed by atoms with E-state index in [0.717, 1.165) is 11.3 Å². The second kappa shape index (κ2) is 4.16. The first-order chi connectivity index (χ1) is 5.77. The van der Waals surface area contributed by atoms with E-state index in [9.17, 15) is 4.79 Å². The predicted molar refractivity (Wildman–Crippen MR) is 53.1 cm³/mol. The Hall–Kier alpha value is -0.960. The van der Waals surface area contributed by atoms with Crippen LogP contribution in [0.2, 0.25) is 0 Å². The Morgan fingerprint density at radius 2 is 2.25 bits per heavy atom. The predicted octanol–water partition coefficient (Wildman–Crippen LogP) is 1.97. The molecule has 1 rings (SSSR count). The quantitative estimate of drug-likeness (QED) is 0.516. The number of carbonyl (C=O) groups excluding carboxylic acids is 1. The van der Waals surface area contributed by atoms with Gasteiger partial charge < -0.3 is 0 Å². The molecule has 0 aliphatic carbocycles. The van der Waals surface area contributed by atoms with E-state index in [1.54, 1.807) is 12.3 Å². The summed E-state index contributed by atoms with van der Waals surface area (Å²) in [5.41, 5.74) is 0.631. The van der Waals surface area contributed by atoms with Crippen molar-refractivity contribution in [3.63, 3.8) is 0 Å². The number of hydrogen-bond donors (Lipinski definition) is 0. The Bertz CT molecular complexity index is 303. The maximum Gasteiger partial charge on any atom is 0.151 e. The number of carbonyl (C=O) groups is 1. The minimum absolute atomic E-state index is 0.0973. The third kappa shape index (κ3) is 2.01. The molecule has 64 valence electrons. The Kier molecular flexibility index (Phi) is 3.17. The SMILES string of the molecule is C/C=S(/C)c1ccc(C=O)cn1. The summed E-state index contributed by atoms with van der Waals surface area (Å²) < 4.78 is 0. The molecule has 0 fully saturated rings. The van der Waals surface area contributed by atoms with Crippen LogP contribution in [0.25, 0.3) is 0 Å². The first-order valence-corrected chi connectivity index (χ1v) is 5.33. The van der Waals surface area contributed by atoms with Crippen molar-refractivity contribution in [3.8, 4) is 0 Å². The zero-order valence-corrected chi connectivity index (χ0v) is 7.97. The molecular formula is C9H11NOS. The van der Waals surface area contributed by atoms with Crippen molar-refractivity contribution >= 4 is 22.1 Å². The highest BCUT2D eigenvalue weighted by Gasteiger charge is 1.94. The molecule has 1 aromatic heterocycles. The van der Waals surface area contributed by atoms with Crippen molar-refractivity contribution in [2.24, 2.45) is 0 Å². The third-order valence-corrected chi connectivity index (χ3v) is 3.19. The van der Waals surface area contributed by atoms with Gasteiger partial charge in [-0.2, -0.15) is 0 Å². The Balaban J connectivity index is 2.99. The minimum atomic E-state index is 0.0973. The molecule has 0 radical (unpaired) electrons. The maximum atomic E-state index is 10.3. The second-order valence-corrected chi connectivity index (χ2v) is 4.35. The largest absolute Gasteiger partial charge is 0.298 e. The first kappa shape index (κ1) is 9.13. The van der Waals surface area contributed by atoms with Crippen molar-refractivity contribution < 1.29 is 4.79 Å². The van der Waals surface area contributed by atoms with Crippen molar-refractivity contribution in [1.82, 2.24) is 4.98 Å². The van der Waals surface area contributed by atoms with Crippen LogP contribution < -0.4 is 0 Å². The van der Waals surface area contributed by atoms with Gasteiger partial charge in [0.2, 0.25) is 0 Å². The number of aromatic nitrogens is 1. The molecule has 0 N–H and O–H groups in total. The smallest absolute Gasteiger partial charge is 0.151 e. The summed E-state index contributed by atoms with van der Waals surface area (Å²) in [6, 6.07) is 3.69. The van der Waals surface area contributed by atoms with Crippen LogP contribution in [0, 0.1) is 0 Å². The Morgan fingerprint density at radius 3 is 2.67 bits per heavy atom. The van der Waals surface area contributed by atoms with E-state index in [2.05, 4.69) is 16.6 Å². The minimum Gasteiger partial charge on any atom is -0.298 e. The summed E-state index contributed by atoms with van der Waals surface area (Å²) in [5, 5.41) is 3.13. The van der Waals surface area contributed by atoms with Gasteiger partial charge in [0.05, 0.1) is 5.03 Å². The average molecular weight is 181 g/mol. The highest BCUT2D eigenvalue weighted by Crippen LogP contribution is 2.18. The lowest BCUT2D eigenvalue weighted by Crippen LogP contribution is -1.85. The zero-order valence-electron chi connectivity index (χ0n) is 7.15. The summed E-state index contributed by atoms with van der Waals surface area (Å²) in [6.07, 6.45) is 4.51. The molecule has 1 atom stereocenters. The number of rotatable bonds is 2. The number of pyridine rings is 1. The van der Waals surface area contributed by atoms with Crippen LogP contribution in [-0.2, 0) is 0 Å². The van der Waals surface area contributed by atoms with Gasteiger partial charge >= 0.3 is 0 Å². The van der Waals surface area contributed by atoms with Gasteiger partial charge in [-0.25, -0.2) is 4.98 Å². The van der Waals surface area contributed by atoms with E-state index in [0.29, 0.717) is 5.56 Å². The van der Waals surface area contributed by atoms with Gasteiger partial charge in [0.15, 0.2) is 6.29 Å². The number of hydrogen-bond acceptors (Lipinski definition) is 2. The molecule has 1 unspecified atom stereocenters. The summed E-state index contributed by atoms with van der Waals surface area (Å²) in [5.74, 6) is 0. The molecule has 1 heterocycles. The van der Waals surface area contributed by atoms with E-state index < -0.39 is 0 Å². The maximum absolute atomic E-state index is 10.3. The standard InChI is InChI=1S/C9H11NOS/c1-3-12(2)9-5-4-8(7-11)6-10-9/h3-7H,1-2H3. The van der Waals surface area contributed by atoms with Crippen LogP contribution in [0.5, 0.6) is 0 Å². The van der Waals surface area contributed by atoms with Crippen LogP contribution in [0.3, 0.4) is 0 Å². The van der Waals surface area contributed by atoms with Crippen molar-refractivity contribution in [2.45, 2.75) is 11.9 Å². The molecule has 1 aromatic rings. The molecule has 0 bridgehead atoms. The highest BCUT2D eigenvalue weighted by atomic mass is 32.2. The van der Waals surface area contributed by atoms with Crippen molar-refractivity contribution in [1.29, 1.82) is 0 Å².